The average molecular weight is 854 g/mol. The molecule has 328 valence electrons. The maximum absolute atomic E-state index is 14.0. The Hall–Kier alpha value is -7.47. The Morgan fingerprint density at radius 3 is 1.86 bits per heavy atom. The van der Waals surface area contributed by atoms with Crippen molar-refractivity contribution in [2.75, 3.05) is 33.9 Å². The minimum absolute atomic E-state index is 0.0890. The quantitative estimate of drug-likeness (QED) is 0.0739. The summed E-state index contributed by atoms with van der Waals surface area (Å²) in [6.07, 6.45) is 4.07. The van der Waals surface area contributed by atoms with Gasteiger partial charge in [-0.2, -0.15) is 5.26 Å². The van der Waals surface area contributed by atoms with Crippen molar-refractivity contribution in [1.82, 2.24) is 40.4 Å². The first-order valence-electron chi connectivity index (χ1n) is 20.9. The van der Waals surface area contributed by atoms with Crippen LogP contribution in [-0.4, -0.2) is 87.6 Å². The zero-order chi connectivity index (χ0) is 45.3. The predicted molar refractivity (Wildman–Crippen MR) is 242 cm³/mol. The van der Waals surface area contributed by atoms with E-state index in [0.717, 1.165) is 50.8 Å². The number of nitrogens with zero attached hydrogens (tertiary/aromatic N) is 5. The molecular weight excluding hydrogens is 799 g/mol. The van der Waals surface area contributed by atoms with Crippen LogP contribution < -0.4 is 10.6 Å². The Morgan fingerprint density at radius 1 is 0.730 bits per heavy atom. The second kappa shape index (κ2) is 22.9. The first kappa shape index (κ1) is 46.6. The molecule has 0 aliphatic carbocycles. The number of nitriles is 1. The lowest BCUT2D eigenvalue weighted by Crippen LogP contribution is -2.44. The second-order valence-electron chi connectivity index (χ2n) is 14.9. The zero-order valence-electron chi connectivity index (χ0n) is 36.6. The number of methoxy groups -OCH3 is 2. The van der Waals surface area contributed by atoms with Crippen molar-refractivity contribution in [3.05, 3.63) is 121 Å². The maximum atomic E-state index is 14.0. The number of aromatic nitrogens is 4. The maximum Gasteiger partial charge on any atom is 0.407 e. The lowest BCUT2D eigenvalue weighted by Gasteiger charge is -2.28. The van der Waals surface area contributed by atoms with Gasteiger partial charge in [0.2, 0.25) is 11.8 Å². The van der Waals surface area contributed by atoms with Crippen LogP contribution >= 0.6 is 0 Å². The van der Waals surface area contributed by atoms with Gasteiger partial charge in [-0.25, -0.2) is 19.6 Å². The highest BCUT2D eigenvalue weighted by Crippen LogP contribution is 2.30. The molecule has 0 radical (unpaired) electrons. The number of hydrogen-bond acceptors (Lipinski definition) is 9. The predicted octanol–water partition coefficient (Wildman–Crippen LogP) is 8.38. The van der Waals surface area contributed by atoms with Crippen LogP contribution in [0.15, 0.2) is 103 Å². The standard InChI is InChI=1S/C45H47N9O6.C3H8/c1-5-19-53(41(55)25-49-44(57)59-3)27-39-48-24-38(51-39)36-18-17-34-20-33(15-16-35(34)21-36)30-11-13-31(14-12-30)37-23-47-40(50-37)28-54(26-29(2)22-46)43(56)42(52-45(58)60-4)32-9-7-6-8-10-32;1-3-2/h6-18,20-21,23-24,29,42H,5,19,25-28H2,1-4H3,(H,47,50)(H,48,51)(H,49,57)(H,52,58);3H2,1-2H3. The molecule has 4 N–H and O–H groups in total. The Kier molecular flexibility index (Phi) is 17.0. The monoisotopic (exact) mass is 853 g/mol. The molecule has 2 heterocycles. The van der Waals surface area contributed by atoms with Crippen molar-refractivity contribution in [1.29, 1.82) is 5.26 Å². The first-order chi connectivity index (χ1) is 30.5. The van der Waals surface area contributed by atoms with Gasteiger partial charge in [0.05, 0.1) is 63.1 Å². The number of carbonyl (C=O) groups excluding carboxylic acids is 4. The molecule has 2 atom stereocenters. The van der Waals surface area contributed by atoms with Gasteiger partial charge in [0, 0.05) is 18.7 Å². The molecule has 0 saturated carbocycles. The summed E-state index contributed by atoms with van der Waals surface area (Å²) in [6.45, 7) is 8.82. The van der Waals surface area contributed by atoms with Gasteiger partial charge >= 0.3 is 12.2 Å². The van der Waals surface area contributed by atoms with Crippen LogP contribution in [0.3, 0.4) is 0 Å². The third-order valence-electron chi connectivity index (χ3n) is 9.89. The Morgan fingerprint density at radius 2 is 1.27 bits per heavy atom. The minimum Gasteiger partial charge on any atom is -0.453 e. The molecule has 4 aromatic carbocycles. The summed E-state index contributed by atoms with van der Waals surface area (Å²) in [6, 6.07) is 30.7. The number of carbonyl (C=O) groups is 4. The van der Waals surface area contributed by atoms with Crippen molar-refractivity contribution < 1.29 is 28.7 Å². The van der Waals surface area contributed by atoms with E-state index in [9.17, 15) is 24.4 Å². The summed E-state index contributed by atoms with van der Waals surface area (Å²) in [5.74, 6) is 0.0685. The lowest BCUT2D eigenvalue weighted by atomic mass is 9.98. The molecule has 0 spiro atoms. The van der Waals surface area contributed by atoms with Crippen LogP contribution in [-0.2, 0) is 32.2 Å². The van der Waals surface area contributed by atoms with Crippen molar-refractivity contribution in [3.63, 3.8) is 0 Å². The third kappa shape index (κ3) is 12.8. The van der Waals surface area contributed by atoms with Crippen molar-refractivity contribution in [2.24, 2.45) is 5.92 Å². The molecule has 0 saturated heterocycles. The van der Waals surface area contributed by atoms with E-state index in [1.54, 1.807) is 48.5 Å². The highest BCUT2D eigenvalue weighted by Gasteiger charge is 2.29. The summed E-state index contributed by atoms with van der Waals surface area (Å²) in [7, 11) is 2.49. The highest BCUT2D eigenvalue weighted by molar-refractivity contribution is 5.91. The van der Waals surface area contributed by atoms with Crippen LogP contribution in [0, 0.1) is 17.2 Å². The number of hydrogen-bond donors (Lipinski definition) is 4. The summed E-state index contributed by atoms with van der Waals surface area (Å²) in [4.78, 5) is 69.3. The molecule has 2 aromatic heterocycles. The molecule has 4 amide bonds. The van der Waals surface area contributed by atoms with E-state index in [1.165, 1.54) is 25.5 Å². The highest BCUT2D eigenvalue weighted by atomic mass is 16.5. The number of aromatic amines is 2. The van der Waals surface area contributed by atoms with Crippen LogP contribution in [0.2, 0.25) is 0 Å². The molecule has 15 heteroatoms. The first-order valence-corrected chi connectivity index (χ1v) is 20.9. The van der Waals surface area contributed by atoms with Gasteiger partial charge in [0.1, 0.15) is 24.2 Å². The summed E-state index contributed by atoms with van der Waals surface area (Å²) >= 11 is 0. The van der Waals surface area contributed by atoms with Crippen molar-refractivity contribution in [2.45, 2.75) is 59.7 Å². The summed E-state index contributed by atoms with van der Waals surface area (Å²) in [5.41, 5.74) is 6.11. The van der Waals surface area contributed by atoms with E-state index in [-0.39, 0.29) is 32.1 Å². The summed E-state index contributed by atoms with van der Waals surface area (Å²) < 4.78 is 9.37. The SMILES string of the molecule is CCC.CCCN(Cc1ncc(-c2ccc3cc(-c4ccc(-c5cnc(CN(CC(C)C#N)C(=O)C(NC(=O)OC)c6ccccc6)[nH]5)cc4)ccc3c2)[nH]1)C(=O)CNC(=O)OC. The van der Waals surface area contributed by atoms with Gasteiger partial charge < -0.3 is 39.9 Å². The van der Waals surface area contributed by atoms with Crippen LogP contribution in [0.1, 0.15) is 63.8 Å². The second-order valence-corrected chi connectivity index (χ2v) is 14.9. The van der Waals surface area contributed by atoms with E-state index in [0.29, 0.717) is 23.8 Å². The lowest BCUT2D eigenvalue weighted by molar-refractivity contribution is -0.134. The van der Waals surface area contributed by atoms with E-state index in [4.69, 9.17) is 4.74 Å². The van der Waals surface area contributed by atoms with Gasteiger partial charge in [0.15, 0.2) is 0 Å². The number of amides is 4. The van der Waals surface area contributed by atoms with Gasteiger partial charge in [-0.1, -0.05) is 106 Å². The molecule has 6 rings (SSSR count). The van der Waals surface area contributed by atoms with E-state index < -0.39 is 30.1 Å². The molecular formula is C48H55N9O6. The molecule has 0 fully saturated rings. The fourth-order valence-electron chi connectivity index (χ4n) is 6.77. The van der Waals surface area contributed by atoms with Gasteiger partial charge in [-0.3, -0.25) is 9.59 Å². The normalized spacial score (nSPS) is 11.6. The number of rotatable bonds is 16. The molecule has 6 aromatic rings. The molecule has 15 nitrogen and oxygen atoms in total. The number of ether oxygens (including phenoxy) is 2. The number of nitrogens with one attached hydrogen (secondary N) is 4. The van der Waals surface area contributed by atoms with Gasteiger partial charge in [-0.05, 0) is 58.5 Å². The molecule has 0 bridgehead atoms. The number of imidazole rings is 2. The smallest absolute Gasteiger partial charge is 0.407 e. The largest absolute Gasteiger partial charge is 0.453 e. The fraction of sp³-hybridized carbons (Fsp3) is 0.312. The van der Waals surface area contributed by atoms with E-state index >= 15 is 0 Å². The Bertz CT molecular complexity index is 2490. The van der Waals surface area contributed by atoms with Crippen molar-refractivity contribution in [3.8, 4) is 39.7 Å². The molecule has 2 unspecified atom stereocenters. The van der Waals surface area contributed by atoms with Crippen LogP contribution in [0.4, 0.5) is 9.59 Å². The van der Waals surface area contributed by atoms with Gasteiger partial charge in [0.25, 0.3) is 0 Å². The van der Waals surface area contributed by atoms with E-state index in [1.807, 2.05) is 43.3 Å². The number of benzene rings is 4. The molecule has 63 heavy (non-hydrogen) atoms. The third-order valence-corrected chi connectivity index (χ3v) is 9.89. The molecule has 0 aliphatic heterocycles. The van der Waals surface area contributed by atoms with E-state index in [2.05, 4.69) is 85.6 Å². The summed E-state index contributed by atoms with van der Waals surface area (Å²) in [5, 5.41) is 16.8. The fourth-order valence-corrected chi connectivity index (χ4v) is 6.77. The Labute approximate surface area is 367 Å². The Balaban J connectivity index is 0.00000242. The topological polar surface area (TPSA) is 198 Å². The number of alkyl carbamates (subject to hydrolysis) is 2. The van der Waals surface area contributed by atoms with Crippen LogP contribution in [0.5, 0.6) is 0 Å². The zero-order valence-corrected chi connectivity index (χ0v) is 36.6. The number of H-pyrrole nitrogens is 2. The van der Waals surface area contributed by atoms with Crippen LogP contribution in [0.25, 0.3) is 44.4 Å². The number of fused-ring (bicyclic) bond motifs is 1. The average Bonchev–Trinajstić information content (AvgIpc) is 3.99. The van der Waals surface area contributed by atoms with Crippen molar-refractivity contribution >= 4 is 34.8 Å². The van der Waals surface area contributed by atoms with Gasteiger partial charge in [-0.15, -0.1) is 0 Å². The molecule has 0 aliphatic rings. The minimum atomic E-state index is -1.02.